The van der Waals surface area contributed by atoms with E-state index in [-0.39, 0.29) is 4.47 Å². The maximum Gasteiger partial charge on any atom is 0.418 e. The van der Waals surface area contributed by atoms with Crippen molar-refractivity contribution >= 4 is 27.3 Å². The Labute approximate surface area is 124 Å². The van der Waals surface area contributed by atoms with Crippen LogP contribution in [0.2, 0.25) is 0 Å². The Bertz CT molecular complexity index is 685. The fraction of sp³-hybridized carbons (Fsp3) is 0.0909. The quantitative estimate of drug-likeness (QED) is 0.502. The molecule has 0 aromatic heterocycles. The summed E-state index contributed by atoms with van der Waals surface area (Å²) >= 11 is 2.76. The largest absolute Gasteiger partial charge is 0.418 e. The van der Waals surface area contributed by atoms with Gasteiger partial charge in [-0.25, -0.2) is 0 Å². The average Bonchev–Trinajstić information content (AvgIpc) is 2.39. The van der Waals surface area contributed by atoms with Gasteiger partial charge in [-0.1, -0.05) is 15.9 Å². The van der Waals surface area contributed by atoms with Gasteiger partial charge in [0, 0.05) is 16.7 Å². The Kier molecular flexibility index (Phi) is 4.89. The van der Waals surface area contributed by atoms with Gasteiger partial charge >= 0.3 is 6.18 Å². The van der Waals surface area contributed by atoms with E-state index >= 15 is 0 Å². The number of hydrogen-bond donors (Lipinski definition) is 1. The van der Waals surface area contributed by atoms with Gasteiger partial charge in [0.25, 0.3) is 5.69 Å². The topological polar surface area (TPSA) is 103 Å². The zero-order chi connectivity index (χ0) is 16.2. The highest BCUT2D eigenvalue weighted by molar-refractivity contribution is 9.10. The predicted molar refractivity (Wildman–Crippen MR) is 68.7 cm³/mol. The molecule has 0 bridgehead atoms. The highest BCUT2D eigenvalue weighted by Crippen LogP contribution is 2.41. The lowest BCUT2D eigenvalue weighted by Crippen LogP contribution is -2.11. The fourth-order valence-corrected chi connectivity index (χ4v) is 1.79. The summed E-state index contributed by atoms with van der Waals surface area (Å²) < 4.78 is 38.6. The van der Waals surface area contributed by atoms with Crippen LogP contribution in [0.3, 0.4) is 0 Å². The third-order valence-electron chi connectivity index (χ3n) is 2.19. The second kappa shape index (κ2) is 6.24. The van der Waals surface area contributed by atoms with Gasteiger partial charge in [0.1, 0.15) is 23.4 Å². The lowest BCUT2D eigenvalue weighted by Gasteiger charge is -2.13. The van der Waals surface area contributed by atoms with E-state index in [1.165, 1.54) is 12.1 Å². The molecule has 1 aromatic rings. The number of hydrogen-bond acceptors (Lipinski definition) is 5. The highest BCUT2D eigenvalue weighted by Gasteiger charge is 2.37. The Morgan fingerprint density at radius 1 is 1.38 bits per heavy atom. The maximum atomic E-state index is 12.9. The van der Waals surface area contributed by atoms with Crippen LogP contribution in [0, 0.1) is 32.8 Å². The molecular weight excluding hydrogens is 357 g/mol. The Balaban J connectivity index is 3.54. The summed E-state index contributed by atoms with van der Waals surface area (Å²) in [6.45, 7) is 0. The smallest absolute Gasteiger partial charge is 0.354 e. The molecule has 1 rings (SSSR count). The summed E-state index contributed by atoms with van der Waals surface area (Å²) in [5.41, 5.74) is -3.52. The zero-order valence-corrected chi connectivity index (χ0v) is 11.5. The van der Waals surface area contributed by atoms with Crippen molar-refractivity contribution in [2.24, 2.45) is 0 Å². The molecule has 0 fully saturated rings. The van der Waals surface area contributed by atoms with E-state index in [9.17, 15) is 23.3 Å². The van der Waals surface area contributed by atoms with Crippen LogP contribution in [0.1, 0.15) is 5.56 Å². The summed E-state index contributed by atoms with van der Waals surface area (Å²) in [6, 6.07) is 4.37. The first-order valence-electron chi connectivity index (χ1n) is 5.02. The molecule has 1 N–H and O–H groups in total. The number of nitro groups is 1. The number of benzene rings is 1. The van der Waals surface area contributed by atoms with Crippen molar-refractivity contribution in [3.8, 4) is 12.1 Å². The lowest BCUT2D eigenvalue weighted by molar-refractivity contribution is -0.384. The van der Waals surface area contributed by atoms with Crippen LogP contribution in [0.5, 0.6) is 0 Å². The summed E-state index contributed by atoms with van der Waals surface area (Å²) in [6.07, 6.45) is -4.18. The number of nitro benzene ring substituents is 1. The number of rotatable bonds is 3. The summed E-state index contributed by atoms with van der Waals surface area (Å²) in [5, 5.41) is 29.9. The molecule has 108 valence electrons. The van der Waals surface area contributed by atoms with E-state index in [1.807, 2.05) is 5.32 Å². The van der Waals surface area contributed by atoms with E-state index in [0.717, 1.165) is 6.07 Å². The molecule has 0 saturated carbocycles. The molecule has 0 aliphatic rings. The Hall–Kier alpha value is -2.59. The minimum Gasteiger partial charge on any atom is -0.354 e. The third-order valence-corrected chi connectivity index (χ3v) is 2.64. The number of anilines is 1. The van der Waals surface area contributed by atoms with Crippen LogP contribution in [0.25, 0.3) is 0 Å². The average molecular weight is 361 g/mol. The Morgan fingerprint density at radius 3 is 2.38 bits per heavy atom. The number of halogens is 4. The molecular formula is C11H4BrF3N4O2. The van der Waals surface area contributed by atoms with Crippen molar-refractivity contribution in [2.45, 2.75) is 6.18 Å². The van der Waals surface area contributed by atoms with Crippen LogP contribution in [0.4, 0.5) is 24.5 Å². The fourth-order valence-electron chi connectivity index (χ4n) is 1.35. The van der Waals surface area contributed by atoms with E-state index in [1.54, 1.807) is 0 Å². The summed E-state index contributed by atoms with van der Waals surface area (Å²) in [4.78, 5) is 9.86. The highest BCUT2D eigenvalue weighted by atomic mass is 79.9. The molecule has 6 nitrogen and oxygen atoms in total. The van der Waals surface area contributed by atoms with Gasteiger partial charge in [0.05, 0.1) is 10.5 Å². The molecule has 0 heterocycles. The van der Waals surface area contributed by atoms with Crippen LogP contribution >= 0.6 is 15.9 Å². The van der Waals surface area contributed by atoms with Gasteiger partial charge in [-0.3, -0.25) is 10.1 Å². The van der Waals surface area contributed by atoms with Gasteiger partial charge in [-0.15, -0.1) is 0 Å². The molecule has 0 amide bonds. The predicted octanol–water partition coefficient (Wildman–Crippen LogP) is 3.72. The van der Waals surface area contributed by atoms with Gasteiger partial charge < -0.3 is 5.32 Å². The first-order chi connectivity index (χ1) is 9.70. The van der Waals surface area contributed by atoms with Crippen LogP contribution in [-0.2, 0) is 6.18 Å². The summed E-state index contributed by atoms with van der Waals surface area (Å²) in [5.74, 6) is 0. The van der Waals surface area contributed by atoms with E-state index < -0.39 is 33.6 Å². The number of nitrogens with one attached hydrogen (secondary N) is 1. The maximum absolute atomic E-state index is 12.9. The van der Waals surface area contributed by atoms with Crippen molar-refractivity contribution in [1.29, 1.82) is 10.5 Å². The van der Waals surface area contributed by atoms with Gasteiger partial charge in [-0.2, -0.15) is 23.7 Å². The SMILES string of the molecule is N#CC(C#N)=CNc1c([N+](=O)[O-])cc(Br)cc1C(F)(F)F. The van der Waals surface area contributed by atoms with Crippen molar-refractivity contribution < 1.29 is 18.1 Å². The van der Waals surface area contributed by atoms with E-state index in [2.05, 4.69) is 15.9 Å². The molecule has 10 heteroatoms. The molecule has 0 atom stereocenters. The number of nitrogens with zero attached hydrogens (tertiary/aromatic N) is 3. The zero-order valence-electron chi connectivity index (χ0n) is 9.90. The number of allylic oxidation sites excluding steroid dienone is 1. The molecule has 0 radical (unpaired) electrons. The second-order valence-electron chi connectivity index (χ2n) is 3.53. The standard InChI is InChI=1S/C11H4BrF3N4O2/c12-7-1-8(11(13,14)15)10(9(2-7)19(20)21)18-5-6(3-16)4-17/h1-2,5,18H. The van der Waals surface area contributed by atoms with Crippen molar-refractivity contribution in [2.75, 3.05) is 5.32 Å². The van der Waals surface area contributed by atoms with Crippen LogP contribution < -0.4 is 5.32 Å². The minimum absolute atomic E-state index is 0.128. The molecule has 0 unspecified atom stereocenters. The van der Waals surface area contributed by atoms with Crippen molar-refractivity contribution in [3.63, 3.8) is 0 Å². The monoisotopic (exact) mass is 360 g/mol. The van der Waals surface area contributed by atoms with E-state index in [4.69, 9.17) is 10.5 Å². The van der Waals surface area contributed by atoms with E-state index in [0.29, 0.717) is 12.3 Å². The molecule has 21 heavy (non-hydrogen) atoms. The first kappa shape index (κ1) is 16.5. The van der Waals surface area contributed by atoms with Crippen molar-refractivity contribution in [3.05, 3.63) is 44.1 Å². The minimum atomic E-state index is -4.86. The molecule has 0 saturated heterocycles. The molecule has 1 aromatic carbocycles. The van der Waals surface area contributed by atoms with Crippen LogP contribution in [0.15, 0.2) is 28.4 Å². The Morgan fingerprint density at radius 2 is 1.95 bits per heavy atom. The molecule has 0 spiro atoms. The van der Waals surface area contributed by atoms with Gasteiger partial charge in [0.2, 0.25) is 0 Å². The molecule has 0 aliphatic carbocycles. The second-order valence-corrected chi connectivity index (χ2v) is 4.44. The van der Waals surface area contributed by atoms with Crippen molar-refractivity contribution in [1.82, 2.24) is 0 Å². The van der Waals surface area contributed by atoms with Gasteiger partial charge in [0.15, 0.2) is 0 Å². The lowest BCUT2D eigenvalue weighted by atomic mass is 10.1. The first-order valence-corrected chi connectivity index (χ1v) is 5.82. The third kappa shape index (κ3) is 3.94. The molecule has 0 aliphatic heterocycles. The normalized spacial score (nSPS) is 10.2. The van der Waals surface area contributed by atoms with Gasteiger partial charge in [-0.05, 0) is 6.07 Å². The summed E-state index contributed by atoms with van der Waals surface area (Å²) in [7, 11) is 0. The number of nitriles is 2. The number of alkyl halides is 3. The van der Waals surface area contributed by atoms with Crippen LogP contribution in [-0.4, -0.2) is 4.92 Å².